The van der Waals surface area contributed by atoms with E-state index in [1.54, 1.807) is 6.07 Å². The topological polar surface area (TPSA) is 35.8 Å². The Morgan fingerprint density at radius 3 is 2.24 bits per heavy atom. The summed E-state index contributed by atoms with van der Waals surface area (Å²) in [6.07, 6.45) is 0. The van der Waals surface area contributed by atoms with Gasteiger partial charge in [0.05, 0.1) is 17.3 Å². The van der Waals surface area contributed by atoms with E-state index in [1.165, 1.54) is 0 Å². The average molecular weight is 402 g/mol. The Labute approximate surface area is 139 Å². The molecule has 0 aliphatic carbocycles. The standard InChI is InChI=1S/C17H10Br2N2/c18-14-6-8-16(13-4-2-1-3-12(13)14)21-17-7-5-11(10-20)9-15(17)19/h1-9,21H. The van der Waals surface area contributed by atoms with E-state index in [4.69, 9.17) is 5.26 Å². The highest BCUT2D eigenvalue weighted by Crippen LogP contribution is 2.33. The van der Waals surface area contributed by atoms with Crippen molar-refractivity contribution in [2.75, 3.05) is 5.32 Å². The number of fused-ring (bicyclic) bond motifs is 1. The molecule has 2 nitrogen and oxygen atoms in total. The van der Waals surface area contributed by atoms with E-state index in [0.29, 0.717) is 5.56 Å². The van der Waals surface area contributed by atoms with E-state index < -0.39 is 0 Å². The molecule has 0 bridgehead atoms. The minimum atomic E-state index is 0.632. The second-order valence-electron chi connectivity index (χ2n) is 4.57. The van der Waals surface area contributed by atoms with Gasteiger partial charge in [0.2, 0.25) is 0 Å². The Hall–Kier alpha value is -1.83. The van der Waals surface area contributed by atoms with Gasteiger partial charge < -0.3 is 5.32 Å². The Morgan fingerprint density at radius 1 is 0.810 bits per heavy atom. The number of anilines is 2. The first-order chi connectivity index (χ1) is 10.2. The number of benzene rings is 3. The van der Waals surface area contributed by atoms with Crippen LogP contribution < -0.4 is 5.32 Å². The van der Waals surface area contributed by atoms with Crippen LogP contribution in [0.3, 0.4) is 0 Å². The lowest BCUT2D eigenvalue weighted by molar-refractivity contribution is 1.46. The van der Waals surface area contributed by atoms with Crippen molar-refractivity contribution in [3.63, 3.8) is 0 Å². The van der Waals surface area contributed by atoms with Gasteiger partial charge in [-0.15, -0.1) is 0 Å². The number of halogens is 2. The third kappa shape index (κ3) is 2.80. The van der Waals surface area contributed by atoms with Crippen molar-refractivity contribution in [1.29, 1.82) is 5.26 Å². The monoisotopic (exact) mass is 400 g/mol. The molecule has 1 N–H and O–H groups in total. The van der Waals surface area contributed by atoms with Crippen LogP contribution in [-0.2, 0) is 0 Å². The first-order valence-electron chi connectivity index (χ1n) is 6.33. The van der Waals surface area contributed by atoms with Crippen molar-refractivity contribution < 1.29 is 0 Å². The molecule has 0 aliphatic heterocycles. The first-order valence-corrected chi connectivity index (χ1v) is 7.91. The summed E-state index contributed by atoms with van der Waals surface area (Å²) in [6, 6.07) is 19.9. The van der Waals surface area contributed by atoms with E-state index in [0.717, 1.165) is 31.1 Å². The number of hydrogen-bond acceptors (Lipinski definition) is 2. The molecule has 4 heteroatoms. The highest BCUT2D eigenvalue weighted by Gasteiger charge is 2.06. The lowest BCUT2D eigenvalue weighted by Crippen LogP contribution is -1.93. The molecule has 0 saturated carbocycles. The molecule has 0 fully saturated rings. The van der Waals surface area contributed by atoms with Crippen LogP contribution in [-0.4, -0.2) is 0 Å². The maximum atomic E-state index is 8.92. The molecular weight excluding hydrogens is 392 g/mol. The van der Waals surface area contributed by atoms with Crippen LogP contribution in [0.5, 0.6) is 0 Å². The van der Waals surface area contributed by atoms with Gasteiger partial charge in [0.1, 0.15) is 0 Å². The molecular formula is C17H10Br2N2. The van der Waals surface area contributed by atoms with Gasteiger partial charge in [-0.1, -0.05) is 40.2 Å². The summed E-state index contributed by atoms with van der Waals surface area (Å²) in [4.78, 5) is 0. The van der Waals surface area contributed by atoms with Crippen LogP contribution >= 0.6 is 31.9 Å². The van der Waals surface area contributed by atoms with Gasteiger partial charge in [-0.25, -0.2) is 0 Å². The van der Waals surface area contributed by atoms with Crippen molar-refractivity contribution in [2.24, 2.45) is 0 Å². The summed E-state index contributed by atoms with van der Waals surface area (Å²) in [5.41, 5.74) is 2.59. The molecule has 0 unspecified atom stereocenters. The summed E-state index contributed by atoms with van der Waals surface area (Å²) < 4.78 is 1.94. The van der Waals surface area contributed by atoms with Crippen molar-refractivity contribution >= 4 is 54.0 Å². The molecule has 3 aromatic rings. The van der Waals surface area contributed by atoms with Crippen molar-refractivity contribution in [3.8, 4) is 6.07 Å². The number of nitrogens with zero attached hydrogens (tertiary/aromatic N) is 1. The van der Waals surface area contributed by atoms with Gasteiger partial charge >= 0.3 is 0 Å². The Morgan fingerprint density at radius 2 is 1.52 bits per heavy atom. The van der Waals surface area contributed by atoms with Crippen LogP contribution in [0.25, 0.3) is 10.8 Å². The zero-order valence-corrected chi connectivity index (χ0v) is 14.1. The first kappa shape index (κ1) is 14.1. The second kappa shape index (κ2) is 5.88. The molecule has 0 atom stereocenters. The Kier molecular flexibility index (Phi) is 3.96. The molecule has 0 heterocycles. The fourth-order valence-electron chi connectivity index (χ4n) is 2.20. The van der Waals surface area contributed by atoms with E-state index in [9.17, 15) is 0 Å². The maximum Gasteiger partial charge on any atom is 0.0992 e. The van der Waals surface area contributed by atoms with E-state index in [1.807, 2.05) is 36.4 Å². The predicted octanol–water partition coefficient (Wildman–Crippen LogP) is 5.98. The summed E-state index contributed by atoms with van der Waals surface area (Å²) >= 11 is 7.08. The SMILES string of the molecule is N#Cc1ccc(Nc2ccc(Br)c3ccccc23)c(Br)c1. The van der Waals surface area contributed by atoms with Gasteiger partial charge in [0, 0.05) is 20.0 Å². The molecule has 0 amide bonds. The number of hydrogen-bond donors (Lipinski definition) is 1. The van der Waals surface area contributed by atoms with Gasteiger partial charge in [0.25, 0.3) is 0 Å². The molecule has 0 aromatic heterocycles. The zero-order valence-electron chi connectivity index (χ0n) is 10.9. The fourth-order valence-corrected chi connectivity index (χ4v) is 3.16. The summed E-state index contributed by atoms with van der Waals surface area (Å²) in [7, 11) is 0. The van der Waals surface area contributed by atoms with E-state index in [-0.39, 0.29) is 0 Å². The van der Waals surface area contributed by atoms with Crippen molar-refractivity contribution in [3.05, 3.63) is 69.1 Å². The minimum Gasteiger partial charge on any atom is -0.354 e. The van der Waals surface area contributed by atoms with Crippen LogP contribution in [0, 0.1) is 11.3 Å². The third-order valence-corrected chi connectivity index (χ3v) is 4.59. The van der Waals surface area contributed by atoms with Crippen LogP contribution in [0.2, 0.25) is 0 Å². The molecule has 0 saturated heterocycles. The lowest BCUT2D eigenvalue weighted by atomic mass is 10.1. The molecule has 0 spiro atoms. The van der Waals surface area contributed by atoms with E-state index >= 15 is 0 Å². The summed E-state index contributed by atoms with van der Waals surface area (Å²) in [5, 5.41) is 14.6. The van der Waals surface area contributed by atoms with Gasteiger partial charge in [0.15, 0.2) is 0 Å². The summed E-state index contributed by atoms with van der Waals surface area (Å²) in [5.74, 6) is 0. The predicted molar refractivity (Wildman–Crippen MR) is 93.8 cm³/mol. The molecule has 0 aliphatic rings. The Balaban J connectivity index is 2.07. The zero-order chi connectivity index (χ0) is 14.8. The van der Waals surface area contributed by atoms with Gasteiger partial charge in [-0.3, -0.25) is 0 Å². The average Bonchev–Trinajstić information content (AvgIpc) is 2.52. The molecule has 102 valence electrons. The molecule has 3 rings (SSSR count). The van der Waals surface area contributed by atoms with Gasteiger partial charge in [-0.05, 0) is 51.6 Å². The molecule has 3 aromatic carbocycles. The highest BCUT2D eigenvalue weighted by molar-refractivity contribution is 9.11. The smallest absolute Gasteiger partial charge is 0.0992 e. The minimum absolute atomic E-state index is 0.632. The highest BCUT2D eigenvalue weighted by atomic mass is 79.9. The van der Waals surface area contributed by atoms with E-state index in [2.05, 4.69) is 55.4 Å². The van der Waals surface area contributed by atoms with Crippen LogP contribution in [0.1, 0.15) is 5.56 Å². The van der Waals surface area contributed by atoms with Crippen molar-refractivity contribution in [2.45, 2.75) is 0 Å². The quantitative estimate of drug-likeness (QED) is 0.573. The number of nitriles is 1. The molecule has 21 heavy (non-hydrogen) atoms. The summed E-state index contributed by atoms with van der Waals surface area (Å²) in [6.45, 7) is 0. The van der Waals surface area contributed by atoms with Crippen LogP contribution in [0.15, 0.2) is 63.5 Å². The third-order valence-electron chi connectivity index (χ3n) is 3.24. The van der Waals surface area contributed by atoms with Gasteiger partial charge in [-0.2, -0.15) is 5.26 Å². The second-order valence-corrected chi connectivity index (χ2v) is 6.28. The number of rotatable bonds is 2. The molecule has 0 radical (unpaired) electrons. The largest absolute Gasteiger partial charge is 0.354 e. The van der Waals surface area contributed by atoms with Crippen molar-refractivity contribution in [1.82, 2.24) is 0 Å². The normalized spacial score (nSPS) is 10.3. The van der Waals surface area contributed by atoms with Crippen LogP contribution in [0.4, 0.5) is 11.4 Å². The number of nitrogens with one attached hydrogen (secondary N) is 1. The Bertz CT molecular complexity index is 866. The maximum absolute atomic E-state index is 8.92. The lowest BCUT2D eigenvalue weighted by Gasteiger charge is -2.12. The fraction of sp³-hybridized carbons (Fsp3) is 0.